The highest BCUT2D eigenvalue weighted by Gasteiger charge is 2.15. The molecule has 3 N–H and O–H groups in total. The monoisotopic (exact) mass is 225 g/mol. The summed E-state index contributed by atoms with van der Waals surface area (Å²) in [4.78, 5) is 10.3. The summed E-state index contributed by atoms with van der Waals surface area (Å²) in [6.45, 7) is 3.49. The first-order valence-corrected chi connectivity index (χ1v) is 4.65. The Morgan fingerprint density at radius 3 is 2.60 bits per heavy atom. The van der Waals surface area contributed by atoms with Crippen LogP contribution in [0, 0.1) is 24.0 Å². The highest BCUT2D eigenvalue weighted by atomic mass is 32.1. The molecule has 1 aromatic rings. The molecule has 0 atom stereocenters. The van der Waals surface area contributed by atoms with Crippen LogP contribution in [0.1, 0.15) is 11.1 Å². The molecule has 0 heterocycles. The van der Waals surface area contributed by atoms with Gasteiger partial charge in [0.1, 0.15) is 0 Å². The zero-order valence-electron chi connectivity index (χ0n) is 8.40. The molecule has 0 saturated carbocycles. The average molecular weight is 225 g/mol. The fraction of sp³-hybridized carbons (Fsp3) is 0.222. The number of nitrogens with two attached hydrogens (primary N) is 1. The van der Waals surface area contributed by atoms with Crippen LogP contribution in [0.2, 0.25) is 0 Å². The zero-order chi connectivity index (χ0) is 11.6. The van der Waals surface area contributed by atoms with E-state index >= 15 is 0 Å². The van der Waals surface area contributed by atoms with Gasteiger partial charge >= 0.3 is 0 Å². The fourth-order valence-electron chi connectivity index (χ4n) is 1.35. The maximum Gasteiger partial charge on any atom is 0.274 e. The first kappa shape index (κ1) is 11.4. The molecule has 0 aliphatic rings. The van der Waals surface area contributed by atoms with E-state index < -0.39 is 4.92 Å². The Morgan fingerprint density at radius 2 is 2.13 bits per heavy atom. The Hall–Kier alpha value is -1.69. The van der Waals surface area contributed by atoms with Crippen LogP contribution in [0.25, 0.3) is 0 Å². The molecule has 0 amide bonds. The van der Waals surface area contributed by atoms with Crippen LogP contribution in [0.3, 0.4) is 0 Å². The minimum atomic E-state index is -0.431. The van der Waals surface area contributed by atoms with Gasteiger partial charge in [0, 0.05) is 6.07 Å². The van der Waals surface area contributed by atoms with Crippen LogP contribution in [-0.4, -0.2) is 10.0 Å². The van der Waals surface area contributed by atoms with Crippen molar-refractivity contribution in [3.05, 3.63) is 33.4 Å². The van der Waals surface area contributed by atoms with Gasteiger partial charge in [0.05, 0.1) is 16.2 Å². The lowest BCUT2D eigenvalue weighted by atomic mass is 10.1. The van der Waals surface area contributed by atoms with Crippen molar-refractivity contribution in [3.63, 3.8) is 0 Å². The molecule has 6 heteroatoms. The third-order valence-corrected chi connectivity index (χ3v) is 2.19. The van der Waals surface area contributed by atoms with Crippen LogP contribution in [0.4, 0.5) is 11.4 Å². The number of rotatable bonds is 2. The van der Waals surface area contributed by atoms with E-state index in [1.54, 1.807) is 13.0 Å². The van der Waals surface area contributed by atoms with Gasteiger partial charge in [-0.25, -0.2) is 0 Å². The average Bonchev–Trinajstić information content (AvgIpc) is 2.11. The van der Waals surface area contributed by atoms with Crippen molar-refractivity contribution in [3.8, 4) is 0 Å². The van der Waals surface area contributed by atoms with E-state index in [9.17, 15) is 10.1 Å². The van der Waals surface area contributed by atoms with Crippen molar-refractivity contribution in [2.45, 2.75) is 13.8 Å². The van der Waals surface area contributed by atoms with Crippen molar-refractivity contribution in [2.24, 2.45) is 5.73 Å². The standard InChI is InChI=1S/C9H11N3O2S/c1-5-3-4-7(12(13)14)6(2)8(5)11-9(10)15/h3-4H,1-2H3,(H3,10,11,15). The van der Waals surface area contributed by atoms with Crippen molar-refractivity contribution < 1.29 is 4.92 Å². The number of hydrogen-bond donors (Lipinski definition) is 2. The number of benzene rings is 1. The van der Waals surface area contributed by atoms with Crippen molar-refractivity contribution >= 4 is 28.7 Å². The quantitative estimate of drug-likeness (QED) is 0.456. The van der Waals surface area contributed by atoms with E-state index in [4.69, 9.17) is 18.0 Å². The van der Waals surface area contributed by atoms with Gasteiger partial charge in [0.2, 0.25) is 0 Å². The molecule has 1 aromatic carbocycles. The number of aryl methyl sites for hydroxylation is 1. The number of nitrogens with zero attached hydrogens (tertiary/aromatic N) is 1. The Morgan fingerprint density at radius 1 is 1.53 bits per heavy atom. The summed E-state index contributed by atoms with van der Waals surface area (Å²) in [7, 11) is 0. The van der Waals surface area contributed by atoms with Crippen LogP contribution in [0.5, 0.6) is 0 Å². The SMILES string of the molecule is Cc1ccc([N+](=O)[O-])c(C)c1NC(N)=S. The molecule has 80 valence electrons. The van der Waals surface area contributed by atoms with Gasteiger partial charge in [0.15, 0.2) is 5.11 Å². The van der Waals surface area contributed by atoms with Crippen LogP contribution >= 0.6 is 12.2 Å². The van der Waals surface area contributed by atoms with E-state index in [-0.39, 0.29) is 10.8 Å². The minimum absolute atomic E-state index is 0.0550. The number of thiocarbonyl (C=S) groups is 1. The molecule has 0 unspecified atom stereocenters. The Labute approximate surface area is 92.4 Å². The molecule has 0 fully saturated rings. The summed E-state index contributed by atoms with van der Waals surface area (Å²) < 4.78 is 0. The predicted octanol–water partition coefficient (Wildman–Crippen LogP) is 1.87. The van der Waals surface area contributed by atoms with Crippen LogP contribution in [0.15, 0.2) is 12.1 Å². The first-order chi connectivity index (χ1) is 6.93. The number of nitrogens with one attached hydrogen (secondary N) is 1. The van der Waals surface area contributed by atoms with Crippen molar-refractivity contribution in [1.29, 1.82) is 0 Å². The second-order valence-electron chi connectivity index (χ2n) is 3.15. The van der Waals surface area contributed by atoms with Gasteiger partial charge in [-0.05, 0) is 31.6 Å². The Balaban J connectivity index is 3.29. The molecule has 0 aromatic heterocycles. The van der Waals surface area contributed by atoms with E-state index in [1.165, 1.54) is 6.07 Å². The molecule has 0 saturated heterocycles. The summed E-state index contributed by atoms with van der Waals surface area (Å²) in [5, 5.41) is 13.5. The number of nitro benzene ring substituents is 1. The van der Waals surface area contributed by atoms with Gasteiger partial charge in [-0.15, -0.1) is 0 Å². The molecule has 5 nitrogen and oxygen atoms in total. The molecule has 0 bridgehead atoms. The molecule has 0 aliphatic carbocycles. The van der Waals surface area contributed by atoms with Crippen LogP contribution in [-0.2, 0) is 0 Å². The summed E-state index contributed by atoms with van der Waals surface area (Å²) in [5.41, 5.74) is 7.40. The number of nitro groups is 1. The lowest BCUT2D eigenvalue weighted by Crippen LogP contribution is -2.20. The van der Waals surface area contributed by atoms with Gasteiger partial charge in [-0.3, -0.25) is 10.1 Å². The van der Waals surface area contributed by atoms with Gasteiger partial charge < -0.3 is 11.1 Å². The third kappa shape index (κ3) is 2.41. The smallest absolute Gasteiger partial charge is 0.274 e. The zero-order valence-corrected chi connectivity index (χ0v) is 9.22. The maximum absolute atomic E-state index is 10.7. The Bertz CT molecular complexity index is 432. The summed E-state index contributed by atoms with van der Waals surface area (Å²) in [6, 6.07) is 3.13. The summed E-state index contributed by atoms with van der Waals surface area (Å²) >= 11 is 4.70. The van der Waals surface area contributed by atoms with E-state index in [0.717, 1.165) is 5.56 Å². The first-order valence-electron chi connectivity index (χ1n) is 4.24. The lowest BCUT2D eigenvalue weighted by molar-refractivity contribution is -0.385. The van der Waals surface area contributed by atoms with E-state index in [0.29, 0.717) is 11.3 Å². The van der Waals surface area contributed by atoms with Gasteiger partial charge in [0.25, 0.3) is 5.69 Å². The maximum atomic E-state index is 10.7. The fourth-order valence-corrected chi connectivity index (χ4v) is 1.45. The van der Waals surface area contributed by atoms with Gasteiger partial charge in [-0.2, -0.15) is 0 Å². The largest absolute Gasteiger partial charge is 0.376 e. The number of hydrogen-bond acceptors (Lipinski definition) is 3. The molecule has 1 rings (SSSR count). The number of anilines is 1. The molecule has 15 heavy (non-hydrogen) atoms. The highest BCUT2D eigenvalue weighted by molar-refractivity contribution is 7.80. The van der Waals surface area contributed by atoms with Crippen molar-refractivity contribution in [1.82, 2.24) is 0 Å². The molecular weight excluding hydrogens is 214 g/mol. The van der Waals surface area contributed by atoms with Gasteiger partial charge in [-0.1, -0.05) is 6.07 Å². The predicted molar refractivity (Wildman–Crippen MR) is 63.0 cm³/mol. The molecular formula is C9H11N3O2S. The van der Waals surface area contributed by atoms with E-state index in [1.807, 2.05) is 6.92 Å². The second-order valence-corrected chi connectivity index (χ2v) is 3.59. The minimum Gasteiger partial charge on any atom is -0.376 e. The highest BCUT2D eigenvalue weighted by Crippen LogP contribution is 2.28. The van der Waals surface area contributed by atoms with Crippen LogP contribution < -0.4 is 11.1 Å². The molecule has 0 aliphatic heterocycles. The normalized spacial score (nSPS) is 9.73. The summed E-state index contributed by atoms with van der Waals surface area (Å²) in [6.07, 6.45) is 0. The summed E-state index contributed by atoms with van der Waals surface area (Å²) in [5.74, 6) is 0. The lowest BCUT2D eigenvalue weighted by Gasteiger charge is -2.10. The Kier molecular flexibility index (Phi) is 3.21. The van der Waals surface area contributed by atoms with E-state index in [2.05, 4.69) is 5.32 Å². The topological polar surface area (TPSA) is 81.2 Å². The second kappa shape index (κ2) is 4.22. The van der Waals surface area contributed by atoms with Crippen molar-refractivity contribution in [2.75, 3.05) is 5.32 Å². The third-order valence-electron chi connectivity index (χ3n) is 2.09. The molecule has 0 spiro atoms. The molecule has 0 radical (unpaired) electrons.